The fourth-order valence-electron chi connectivity index (χ4n) is 1.99. The van der Waals surface area contributed by atoms with Crippen LogP contribution in [0.4, 0.5) is 0 Å². The maximum absolute atomic E-state index is 12.0. The van der Waals surface area contributed by atoms with Gasteiger partial charge in [-0.2, -0.15) is 0 Å². The van der Waals surface area contributed by atoms with Crippen LogP contribution in [0, 0.1) is 5.92 Å². The van der Waals surface area contributed by atoms with Crippen LogP contribution in [0.1, 0.15) is 18.9 Å². The van der Waals surface area contributed by atoms with E-state index in [1.165, 1.54) is 0 Å². The second-order valence-electron chi connectivity index (χ2n) is 4.50. The van der Waals surface area contributed by atoms with Crippen molar-refractivity contribution >= 4 is 23.8 Å². The third-order valence-electron chi connectivity index (χ3n) is 3.21. The molecule has 1 fully saturated rings. The number of esters is 1. The second kappa shape index (κ2) is 5.57. The fourth-order valence-corrected chi connectivity index (χ4v) is 2.11. The Morgan fingerprint density at radius 2 is 2.26 bits per heavy atom. The van der Waals surface area contributed by atoms with Gasteiger partial charge in [-0.05, 0) is 31.0 Å². The molecule has 0 unspecified atom stereocenters. The molecule has 2 rings (SSSR count). The number of aliphatic imine (C=N–C) groups is 1. The van der Waals surface area contributed by atoms with Crippen LogP contribution in [0.5, 0.6) is 0 Å². The van der Waals surface area contributed by atoms with Crippen molar-refractivity contribution in [2.45, 2.75) is 18.9 Å². The molecule has 1 aliphatic rings. The van der Waals surface area contributed by atoms with Crippen LogP contribution in [-0.2, 0) is 9.53 Å². The van der Waals surface area contributed by atoms with Crippen LogP contribution >= 0.6 is 11.6 Å². The summed E-state index contributed by atoms with van der Waals surface area (Å²) in [5.74, 6) is -0.208. The molecule has 0 bridgehead atoms. The summed E-state index contributed by atoms with van der Waals surface area (Å²) < 4.78 is 5.09. The van der Waals surface area contributed by atoms with E-state index in [1.807, 2.05) is 12.1 Å². The number of hydrogen-bond acceptors (Lipinski definition) is 3. The first-order chi connectivity index (χ1) is 9.12. The largest absolute Gasteiger partial charge is 0.464 e. The summed E-state index contributed by atoms with van der Waals surface area (Å²) in [6.07, 6.45) is 4.12. The van der Waals surface area contributed by atoms with Crippen LogP contribution in [0.25, 0.3) is 0 Å². The lowest BCUT2D eigenvalue weighted by atomic mass is 10.2. The molecule has 0 radical (unpaired) electrons. The molecule has 0 saturated heterocycles. The van der Waals surface area contributed by atoms with Crippen molar-refractivity contribution in [2.24, 2.45) is 10.9 Å². The predicted molar refractivity (Wildman–Crippen MR) is 76.7 cm³/mol. The number of carbonyl (C=O) groups is 1. The SMILES string of the molecule is C=C[C@@H]1C[C@]1(N=Cc1ccc(Cl)cc1)C(=O)OCC. The van der Waals surface area contributed by atoms with Crippen molar-refractivity contribution in [3.05, 3.63) is 47.5 Å². The van der Waals surface area contributed by atoms with Crippen LogP contribution in [-0.4, -0.2) is 24.3 Å². The van der Waals surface area contributed by atoms with E-state index < -0.39 is 5.54 Å². The van der Waals surface area contributed by atoms with Gasteiger partial charge >= 0.3 is 5.97 Å². The highest BCUT2D eigenvalue weighted by Gasteiger charge is 2.60. The Kier molecular flexibility index (Phi) is 4.05. The first kappa shape index (κ1) is 13.8. The van der Waals surface area contributed by atoms with E-state index in [0.717, 1.165) is 5.56 Å². The quantitative estimate of drug-likeness (QED) is 0.471. The van der Waals surface area contributed by atoms with Gasteiger partial charge in [-0.15, -0.1) is 6.58 Å². The minimum Gasteiger partial charge on any atom is -0.464 e. The lowest BCUT2D eigenvalue weighted by Crippen LogP contribution is -2.25. The Bertz CT molecular complexity index is 509. The van der Waals surface area contributed by atoms with E-state index in [-0.39, 0.29) is 11.9 Å². The smallest absolute Gasteiger partial charge is 0.334 e. The van der Waals surface area contributed by atoms with Gasteiger partial charge in [0.2, 0.25) is 0 Å². The molecular weight excluding hydrogens is 262 g/mol. The number of ether oxygens (including phenoxy) is 1. The third kappa shape index (κ3) is 2.87. The lowest BCUT2D eigenvalue weighted by Gasteiger charge is -2.10. The first-order valence-electron chi connectivity index (χ1n) is 6.23. The normalized spacial score (nSPS) is 25.3. The molecule has 0 heterocycles. The molecule has 2 atom stereocenters. The molecular formula is C15H16ClNO2. The molecule has 1 aromatic rings. The highest BCUT2D eigenvalue weighted by molar-refractivity contribution is 6.30. The van der Waals surface area contributed by atoms with Crippen molar-refractivity contribution in [1.82, 2.24) is 0 Å². The number of nitrogens with zero attached hydrogens (tertiary/aromatic N) is 1. The van der Waals surface area contributed by atoms with Crippen molar-refractivity contribution in [3.63, 3.8) is 0 Å². The summed E-state index contributed by atoms with van der Waals surface area (Å²) in [6, 6.07) is 7.29. The van der Waals surface area contributed by atoms with Gasteiger partial charge in [-0.25, -0.2) is 4.79 Å². The summed E-state index contributed by atoms with van der Waals surface area (Å²) in [5, 5.41) is 0.674. The summed E-state index contributed by atoms with van der Waals surface area (Å²) in [5.41, 5.74) is 0.139. The summed E-state index contributed by atoms with van der Waals surface area (Å²) in [4.78, 5) is 16.4. The highest BCUT2D eigenvalue weighted by Crippen LogP contribution is 2.48. The molecule has 1 aromatic carbocycles. The number of carbonyl (C=O) groups excluding carboxylic acids is 1. The molecule has 0 aromatic heterocycles. The van der Waals surface area contributed by atoms with Gasteiger partial charge in [0.25, 0.3) is 0 Å². The van der Waals surface area contributed by atoms with E-state index in [9.17, 15) is 4.79 Å². The Morgan fingerprint density at radius 1 is 1.58 bits per heavy atom. The first-order valence-corrected chi connectivity index (χ1v) is 6.60. The van der Waals surface area contributed by atoms with Gasteiger partial charge in [0.15, 0.2) is 5.54 Å². The number of hydrogen-bond donors (Lipinski definition) is 0. The van der Waals surface area contributed by atoms with Crippen LogP contribution < -0.4 is 0 Å². The molecule has 0 amide bonds. The average Bonchev–Trinajstić information content (AvgIpc) is 3.13. The molecule has 0 aliphatic heterocycles. The lowest BCUT2D eigenvalue weighted by molar-refractivity contribution is -0.146. The Morgan fingerprint density at radius 3 is 2.79 bits per heavy atom. The fraction of sp³-hybridized carbons (Fsp3) is 0.333. The molecule has 1 saturated carbocycles. The number of halogens is 1. The summed E-state index contributed by atoms with van der Waals surface area (Å²) >= 11 is 5.82. The maximum Gasteiger partial charge on any atom is 0.334 e. The Labute approximate surface area is 117 Å². The van der Waals surface area contributed by atoms with Gasteiger partial charge < -0.3 is 4.74 Å². The average molecular weight is 278 g/mol. The zero-order valence-electron chi connectivity index (χ0n) is 10.8. The molecule has 0 spiro atoms. The maximum atomic E-state index is 12.0. The number of rotatable bonds is 5. The molecule has 4 heteroatoms. The molecule has 0 N–H and O–H groups in total. The zero-order valence-corrected chi connectivity index (χ0v) is 11.6. The minimum atomic E-state index is -0.766. The van der Waals surface area contributed by atoms with E-state index in [1.54, 1.807) is 31.3 Å². The topological polar surface area (TPSA) is 38.7 Å². The standard InChI is InChI=1S/C15H16ClNO2/c1-3-12-9-15(12,14(18)19-4-2)17-10-11-5-7-13(16)8-6-11/h3,5-8,10,12H,1,4,9H2,2H3/t12-,15-/m1/s1. The number of benzene rings is 1. The van der Waals surface area contributed by atoms with Crippen molar-refractivity contribution in [1.29, 1.82) is 0 Å². The van der Waals surface area contributed by atoms with E-state index in [0.29, 0.717) is 18.1 Å². The Balaban J connectivity index is 2.16. The van der Waals surface area contributed by atoms with Crippen LogP contribution in [0.15, 0.2) is 41.9 Å². The van der Waals surface area contributed by atoms with Crippen LogP contribution in [0.3, 0.4) is 0 Å². The van der Waals surface area contributed by atoms with Gasteiger partial charge in [0, 0.05) is 17.2 Å². The predicted octanol–water partition coefficient (Wildman–Crippen LogP) is 3.27. The van der Waals surface area contributed by atoms with Gasteiger partial charge in [-0.1, -0.05) is 29.8 Å². The van der Waals surface area contributed by atoms with Gasteiger partial charge in [0.1, 0.15) is 0 Å². The third-order valence-corrected chi connectivity index (χ3v) is 3.46. The van der Waals surface area contributed by atoms with E-state index in [4.69, 9.17) is 16.3 Å². The monoisotopic (exact) mass is 277 g/mol. The van der Waals surface area contributed by atoms with Crippen molar-refractivity contribution in [2.75, 3.05) is 6.61 Å². The second-order valence-corrected chi connectivity index (χ2v) is 4.94. The zero-order chi connectivity index (χ0) is 13.9. The van der Waals surface area contributed by atoms with E-state index in [2.05, 4.69) is 11.6 Å². The Hall–Kier alpha value is -1.61. The van der Waals surface area contributed by atoms with Crippen molar-refractivity contribution < 1.29 is 9.53 Å². The summed E-state index contributed by atoms with van der Waals surface area (Å²) in [6.45, 7) is 5.88. The minimum absolute atomic E-state index is 0.0649. The summed E-state index contributed by atoms with van der Waals surface area (Å²) in [7, 11) is 0. The molecule has 3 nitrogen and oxygen atoms in total. The molecule has 100 valence electrons. The molecule has 19 heavy (non-hydrogen) atoms. The van der Waals surface area contributed by atoms with Gasteiger partial charge in [0.05, 0.1) is 6.61 Å². The van der Waals surface area contributed by atoms with E-state index >= 15 is 0 Å². The van der Waals surface area contributed by atoms with Crippen molar-refractivity contribution in [3.8, 4) is 0 Å². The van der Waals surface area contributed by atoms with Crippen LogP contribution in [0.2, 0.25) is 5.02 Å². The molecule has 1 aliphatic carbocycles. The highest BCUT2D eigenvalue weighted by atomic mass is 35.5. The van der Waals surface area contributed by atoms with Gasteiger partial charge in [-0.3, -0.25) is 4.99 Å².